The van der Waals surface area contributed by atoms with Crippen LogP contribution in [0.2, 0.25) is 0 Å². The topological polar surface area (TPSA) is 109 Å². The van der Waals surface area contributed by atoms with Gasteiger partial charge in [-0.05, 0) is 23.5 Å². The molecule has 8 rings (SSSR count). The largest absolute Gasteiger partial charge is 2.00 e. The van der Waals surface area contributed by atoms with Crippen LogP contribution in [0.1, 0.15) is 0 Å². The zero-order chi connectivity index (χ0) is 33.4. The molecule has 4 aromatic carbocycles. The minimum atomic E-state index is -3.51. The number of hydrogen-bond acceptors (Lipinski definition) is 8. The molecule has 0 aliphatic carbocycles. The van der Waals surface area contributed by atoms with Crippen molar-refractivity contribution in [3.8, 4) is 51.5 Å². The van der Waals surface area contributed by atoms with E-state index in [4.69, 9.17) is 9.47 Å². The number of pyridine rings is 2. The summed E-state index contributed by atoms with van der Waals surface area (Å²) in [5.41, 5.74) is 4.32. The van der Waals surface area contributed by atoms with Gasteiger partial charge in [0.15, 0.2) is 9.84 Å². The number of hydrogen-bond donors (Lipinski definition) is 0. The SMILES string of the molecule is CS(=O)(=O)c1cnc(-n2c3[c-]c(Oc4[c-]c(-c5ccccn5)ccc4)ccc3c3ccc(Oc4[c-]c(-c5ccccn5)ccc4)[c-]c32)nc1.[Pd+2].[Pd+2]. The van der Waals surface area contributed by atoms with E-state index in [9.17, 15) is 8.42 Å². The molecule has 0 spiro atoms. The van der Waals surface area contributed by atoms with E-state index in [0.29, 0.717) is 34.0 Å². The zero-order valence-corrected chi connectivity index (χ0v) is 30.4. The standard InChI is InChI=1S/C39H23N5O4S.2Pd/c1-49(45,46)32-24-42-39(43-25-32)44-37-22-30(47-28-10-6-8-26(20-28)35-12-2-4-18-40-35)14-16-33(37)34-17-15-31(23-38(34)44)48-29-11-7-9-27(21-29)36-13-3-5-19-41-36;;/h2-19,24-25H,1H3;;/q-4;2*+2. The average Bonchev–Trinajstić information content (AvgIpc) is 3.45. The Bertz CT molecular complexity index is 2440. The molecular weight excluding hydrogens is 847 g/mol. The van der Waals surface area contributed by atoms with Gasteiger partial charge in [0.25, 0.3) is 0 Å². The number of aromatic nitrogens is 5. The molecule has 0 saturated heterocycles. The maximum atomic E-state index is 12.2. The normalized spacial score (nSPS) is 11.1. The van der Waals surface area contributed by atoms with Gasteiger partial charge in [-0.25, -0.2) is 18.4 Å². The second kappa shape index (κ2) is 15.0. The molecule has 0 aliphatic rings. The molecule has 0 N–H and O–H groups in total. The van der Waals surface area contributed by atoms with Gasteiger partial charge < -0.3 is 24.0 Å². The van der Waals surface area contributed by atoms with Crippen LogP contribution in [0.15, 0.2) is 127 Å². The molecule has 0 radical (unpaired) electrons. The average molecular weight is 871 g/mol. The summed E-state index contributed by atoms with van der Waals surface area (Å²) in [7, 11) is -3.51. The van der Waals surface area contributed by atoms with Gasteiger partial charge in [0.1, 0.15) is 4.90 Å². The molecule has 4 heterocycles. The van der Waals surface area contributed by atoms with E-state index in [1.807, 2.05) is 97.1 Å². The minimum absolute atomic E-state index is 0. The van der Waals surface area contributed by atoms with E-state index in [1.54, 1.807) is 17.0 Å². The molecule has 254 valence electrons. The van der Waals surface area contributed by atoms with Crippen molar-refractivity contribution in [3.05, 3.63) is 146 Å². The summed E-state index contributed by atoms with van der Waals surface area (Å²) >= 11 is 0. The van der Waals surface area contributed by atoms with Crippen molar-refractivity contribution < 1.29 is 58.7 Å². The molecule has 0 atom stereocenters. The summed E-state index contributed by atoms with van der Waals surface area (Å²) in [4.78, 5) is 17.7. The van der Waals surface area contributed by atoms with Gasteiger partial charge in [-0.3, -0.25) is 0 Å². The van der Waals surface area contributed by atoms with Crippen LogP contribution in [0.25, 0.3) is 50.3 Å². The number of sulfone groups is 1. The van der Waals surface area contributed by atoms with Gasteiger partial charge in [-0.1, -0.05) is 47.4 Å². The molecular formula is C39H23N5O4Pd2S. The van der Waals surface area contributed by atoms with Gasteiger partial charge >= 0.3 is 40.8 Å². The Labute approximate surface area is 321 Å². The molecule has 51 heavy (non-hydrogen) atoms. The second-order valence-corrected chi connectivity index (χ2v) is 13.0. The van der Waals surface area contributed by atoms with E-state index in [-0.39, 0.29) is 51.7 Å². The number of benzene rings is 4. The van der Waals surface area contributed by atoms with Crippen molar-refractivity contribution in [2.45, 2.75) is 4.90 Å². The van der Waals surface area contributed by atoms with Crippen molar-refractivity contribution in [1.29, 1.82) is 0 Å². The van der Waals surface area contributed by atoms with Gasteiger partial charge in [0.05, 0.1) is 12.4 Å². The van der Waals surface area contributed by atoms with Crippen LogP contribution in [0, 0.1) is 24.3 Å². The molecule has 9 nitrogen and oxygen atoms in total. The van der Waals surface area contributed by atoms with Crippen LogP contribution >= 0.6 is 0 Å². The van der Waals surface area contributed by atoms with Gasteiger partial charge in [-0.15, -0.1) is 71.8 Å². The molecule has 12 heteroatoms. The van der Waals surface area contributed by atoms with E-state index in [2.05, 4.69) is 44.2 Å². The van der Waals surface area contributed by atoms with Crippen LogP contribution in [-0.2, 0) is 50.7 Å². The number of ether oxygens (including phenoxy) is 2. The Morgan fingerprint density at radius 1 is 0.549 bits per heavy atom. The fourth-order valence-electron chi connectivity index (χ4n) is 5.36. The smallest absolute Gasteiger partial charge is 0.503 e. The maximum Gasteiger partial charge on any atom is 2.00 e. The Morgan fingerprint density at radius 2 is 1.02 bits per heavy atom. The Morgan fingerprint density at radius 3 is 1.45 bits per heavy atom. The number of nitrogens with zero attached hydrogens (tertiary/aromatic N) is 5. The summed E-state index contributed by atoms with van der Waals surface area (Å²) in [6.07, 6.45) is 7.14. The van der Waals surface area contributed by atoms with Crippen molar-refractivity contribution >= 4 is 31.6 Å². The van der Waals surface area contributed by atoms with Crippen molar-refractivity contribution in [2.75, 3.05) is 6.26 Å². The quantitative estimate of drug-likeness (QED) is 0.112. The van der Waals surface area contributed by atoms with Gasteiger partial charge in [0, 0.05) is 41.6 Å². The summed E-state index contributed by atoms with van der Waals surface area (Å²) in [5, 5.41) is 1.66. The first kappa shape index (κ1) is 35.8. The van der Waals surface area contributed by atoms with E-state index < -0.39 is 9.84 Å². The molecule has 0 saturated carbocycles. The fraction of sp³-hybridized carbons (Fsp3) is 0.0256. The van der Waals surface area contributed by atoms with Crippen molar-refractivity contribution in [2.24, 2.45) is 0 Å². The molecule has 0 aliphatic heterocycles. The third-order valence-corrected chi connectivity index (χ3v) is 8.70. The summed E-state index contributed by atoms with van der Waals surface area (Å²) in [6, 6.07) is 43.3. The van der Waals surface area contributed by atoms with E-state index in [1.165, 1.54) is 12.4 Å². The first-order chi connectivity index (χ1) is 23.9. The van der Waals surface area contributed by atoms with Crippen LogP contribution in [-0.4, -0.2) is 39.2 Å². The molecule has 0 unspecified atom stereocenters. The minimum Gasteiger partial charge on any atom is -0.503 e. The molecule has 0 fully saturated rings. The third kappa shape index (κ3) is 7.52. The number of fused-ring (bicyclic) bond motifs is 3. The predicted molar refractivity (Wildman–Crippen MR) is 184 cm³/mol. The Hall–Kier alpha value is -5.07. The summed E-state index contributed by atoms with van der Waals surface area (Å²) in [6.45, 7) is 0. The summed E-state index contributed by atoms with van der Waals surface area (Å²) in [5.74, 6) is 2.05. The molecule has 0 amide bonds. The fourth-order valence-corrected chi connectivity index (χ4v) is 5.84. The zero-order valence-electron chi connectivity index (χ0n) is 26.5. The molecule has 8 aromatic rings. The Balaban J connectivity index is 0.00000224. The number of rotatable bonds is 8. The molecule has 4 aromatic heterocycles. The van der Waals surface area contributed by atoms with Gasteiger partial charge in [0.2, 0.25) is 5.95 Å². The van der Waals surface area contributed by atoms with Crippen molar-refractivity contribution in [1.82, 2.24) is 24.5 Å². The maximum absolute atomic E-state index is 12.2. The first-order valence-electron chi connectivity index (χ1n) is 15.1. The third-order valence-electron chi connectivity index (χ3n) is 7.63. The van der Waals surface area contributed by atoms with Crippen LogP contribution in [0.4, 0.5) is 0 Å². The van der Waals surface area contributed by atoms with Crippen LogP contribution < -0.4 is 9.47 Å². The van der Waals surface area contributed by atoms with Crippen LogP contribution in [0.5, 0.6) is 23.0 Å². The van der Waals surface area contributed by atoms with E-state index in [0.717, 1.165) is 39.5 Å². The van der Waals surface area contributed by atoms with E-state index >= 15 is 0 Å². The second-order valence-electron chi connectivity index (χ2n) is 11.0. The monoisotopic (exact) mass is 869 g/mol. The Kier molecular flexibility index (Phi) is 10.5. The van der Waals surface area contributed by atoms with Crippen molar-refractivity contribution in [3.63, 3.8) is 0 Å². The summed E-state index contributed by atoms with van der Waals surface area (Å²) < 4.78 is 38.6. The van der Waals surface area contributed by atoms with Gasteiger partial charge in [-0.2, -0.15) is 22.9 Å². The predicted octanol–water partition coefficient (Wildman–Crippen LogP) is 7.88. The molecule has 0 bridgehead atoms. The first-order valence-corrected chi connectivity index (χ1v) is 17.0. The van der Waals surface area contributed by atoms with Crippen LogP contribution in [0.3, 0.4) is 0 Å².